The summed E-state index contributed by atoms with van der Waals surface area (Å²) in [5, 5.41) is 0. The van der Waals surface area contributed by atoms with Gasteiger partial charge in [-0.3, -0.25) is 9.59 Å². The van der Waals surface area contributed by atoms with Crippen LogP contribution in [0.3, 0.4) is 0 Å². The van der Waals surface area contributed by atoms with Crippen LogP contribution in [0.2, 0.25) is 0 Å². The highest BCUT2D eigenvalue weighted by Crippen LogP contribution is 2.22. The summed E-state index contributed by atoms with van der Waals surface area (Å²) in [6, 6.07) is 0. The van der Waals surface area contributed by atoms with E-state index in [1.165, 1.54) is 7.11 Å². The first-order valence-corrected chi connectivity index (χ1v) is 3.42. The largest absolute Gasteiger partial charge is 0.469 e. The van der Waals surface area contributed by atoms with Crippen molar-refractivity contribution in [3.05, 3.63) is 0 Å². The number of carbonyl (C=O) groups is 2. The topological polar surface area (TPSA) is 52.6 Å². The Labute approximate surface area is 64.5 Å². The maximum absolute atomic E-state index is 10.9. The molecule has 0 aromatic rings. The van der Waals surface area contributed by atoms with Gasteiger partial charge in [0.15, 0.2) is 0 Å². The average Bonchev–Trinajstić information content (AvgIpc) is 2.28. The summed E-state index contributed by atoms with van der Waals surface area (Å²) in [6.07, 6.45) is -0.191. The van der Waals surface area contributed by atoms with Gasteiger partial charge in [-0.15, -0.1) is 0 Å². The molecule has 1 fully saturated rings. The van der Waals surface area contributed by atoms with Crippen LogP contribution in [0.4, 0.5) is 0 Å². The lowest BCUT2D eigenvalue weighted by Crippen LogP contribution is -2.22. The summed E-state index contributed by atoms with van der Waals surface area (Å²) < 4.78 is 9.24. The van der Waals surface area contributed by atoms with Crippen molar-refractivity contribution in [2.45, 2.75) is 19.4 Å². The summed E-state index contributed by atoms with van der Waals surface area (Å²) in [7, 11) is 1.30. The molecule has 0 saturated carbocycles. The molecule has 0 N–H and O–H groups in total. The van der Waals surface area contributed by atoms with Crippen molar-refractivity contribution >= 4 is 11.9 Å². The Morgan fingerprint density at radius 1 is 1.73 bits per heavy atom. The molecule has 1 aliphatic heterocycles. The Kier molecular flexibility index (Phi) is 2.12. The number of esters is 2. The minimum absolute atomic E-state index is 0.147. The van der Waals surface area contributed by atoms with Crippen molar-refractivity contribution in [1.29, 1.82) is 0 Å². The van der Waals surface area contributed by atoms with E-state index in [4.69, 9.17) is 4.74 Å². The number of hydrogen-bond acceptors (Lipinski definition) is 4. The third kappa shape index (κ3) is 1.50. The second-order valence-corrected chi connectivity index (χ2v) is 2.53. The van der Waals surface area contributed by atoms with Crippen molar-refractivity contribution in [2.75, 3.05) is 7.11 Å². The fourth-order valence-corrected chi connectivity index (χ4v) is 1.11. The third-order valence-corrected chi connectivity index (χ3v) is 1.77. The lowest BCUT2D eigenvalue weighted by molar-refractivity contribution is -0.147. The Morgan fingerprint density at radius 3 is 2.73 bits per heavy atom. The van der Waals surface area contributed by atoms with Crippen LogP contribution in [0.5, 0.6) is 0 Å². The van der Waals surface area contributed by atoms with Crippen molar-refractivity contribution < 1.29 is 19.1 Å². The van der Waals surface area contributed by atoms with E-state index < -0.39 is 5.92 Å². The zero-order valence-electron chi connectivity index (χ0n) is 6.49. The molecule has 4 nitrogen and oxygen atoms in total. The predicted octanol–water partition coefficient (Wildman–Crippen LogP) is 0.111. The predicted molar refractivity (Wildman–Crippen MR) is 35.7 cm³/mol. The fraction of sp³-hybridized carbons (Fsp3) is 0.714. The fourth-order valence-electron chi connectivity index (χ4n) is 1.11. The molecule has 11 heavy (non-hydrogen) atoms. The molecule has 0 unspecified atom stereocenters. The molecular weight excluding hydrogens is 148 g/mol. The molecular formula is C7H10O4. The maximum atomic E-state index is 10.9. The van der Waals surface area contributed by atoms with E-state index in [0.717, 1.165) is 0 Å². The summed E-state index contributed by atoms with van der Waals surface area (Å²) in [5.41, 5.74) is 0. The Hall–Kier alpha value is -1.06. The van der Waals surface area contributed by atoms with Gasteiger partial charge in [0, 0.05) is 0 Å². The van der Waals surface area contributed by atoms with E-state index >= 15 is 0 Å². The van der Waals surface area contributed by atoms with E-state index in [-0.39, 0.29) is 24.5 Å². The minimum Gasteiger partial charge on any atom is -0.469 e. The summed E-state index contributed by atoms with van der Waals surface area (Å²) in [6.45, 7) is 1.69. The van der Waals surface area contributed by atoms with Crippen molar-refractivity contribution in [3.63, 3.8) is 0 Å². The van der Waals surface area contributed by atoms with Crippen LogP contribution in [0, 0.1) is 5.92 Å². The van der Waals surface area contributed by atoms with E-state index in [0.29, 0.717) is 0 Å². The highest BCUT2D eigenvalue weighted by atomic mass is 16.6. The quantitative estimate of drug-likeness (QED) is 0.508. The van der Waals surface area contributed by atoms with Gasteiger partial charge in [0.05, 0.1) is 13.5 Å². The number of methoxy groups -OCH3 is 1. The molecule has 0 radical (unpaired) electrons. The molecule has 0 aliphatic carbocycles. The number of rotatable bonds is 1. The van der Waals surface area contributed by atoms with Gasteiger partial charge in [0.2, 0.25) is 0 Å². The second-order valence-electron chi connectivity index (χ2n) is 2.53. The monoisotopic (exact) mass is 158 g/mol. The van der Waals surface area contributed by atoms with E-state index in [2.05, 4.69) is 4.74 Å². The Morgan fingerprint density at radius 2 is 2.36 bits per heavy atom. The third-order valence-electron chi connectivity index (χ3n) is 1.77. The molecule has 1 heterocycles. The van der Waals surface area contributed by atoms with Crippen molar-refractivity contribution in [2.24, 2.45) is 5.92 Å². The number of carbonyl (C=O) groups excluding carboxylic acids is 2. The van der Waals surface area contributed by atoms with Crippen LogP contribution >= 0.6 is 0 Å². The van der Waals surface area contributed by atoms with Crippen molar-refractivity contribution in [1.82, 2.24) is 0 Å². The number of hydrogen-bond donors (Lipinski definition) is 0. The van der Waals surface area contributed by atoms with Crippen LogP contribution < -0.4 is 0 Å². The van der Waals surface area contributed by atoms with Gasteiger partial charge in [-0.2, -0.15) is 0 Å². The lowest BCUT2D eigenvalue weighted by Gasteiger charge is -2.08. The number of ether oxygens (including phenoxy) is 2. The van der Waals surface area contributed by atoms with Gasteiger partial charge >= 0.3 is 11.9 Å². The molecule has 1 rings (SSSR count). The normalized spacial score (nSPS) is 29.8. The molecule has 1 aliphatic rings. The van der Waals surface area contributed by atoms with Crippen LogP contribution in [0.1, 0.15) is 13.3 Å². The van der Waals surface area contributed by atoms with Gasteiger partial charge in [0.25, 0.3) is 0 Å². The van der Waals surface area contributed by atoms with Gasteiger partial charge in [0.1, 0.15) is 12.0 Å². The number of cyclic esters (lactones) is 1. The van der Waals surface area contributed by atoms with E-state index in [1.807, 2.05) is 0 Å². The minimum atomic E-state index is -0.410. The Bertz CT molecular complexity index is 187. The second kappa shape index (κ2) is 2.90. The summed E-state index contributed by atoms with van der Waals surface area (Å²) in [4.78, 5) is 21.6. The summed E-state index contributed by atoms with van der Waals surface area (Å²) >= 11 is 0. The van der Waals surface area contributed by atoms with Gasteiger partial charge in [-0.05, 0) is 6.92 Å². The smallest absolute Gasteiger partial charge is 0.313 e. The lowest BCUT2D eigenvalue weighted by atomic mass is 10.0. The molecule has 0 amide bonds. The van der Waals surface area contributed by atoms with Crippen LogP contribution in [-0.2, 0) is 19.1 Å². The van der Waals surface area contributed by atoms with Gasteiger partial charge < -0.3 is 9.47 Å². The molecule has 62 valence electrons. The first-order chi connectivity index (χ1) is 5.15. The summed E-state index contributed by atoms with van der Waals surface area (Å²) in [5.74, 6) is -1.11. The van der Waals surface area contributed by atoms with Crippen LogP contribution in [0.15, 0.2) is 0 Å². The molecule has 1 saturated heterocycles. The zero-order chi connectivity index (χ0) is 8.43. The molecule has 0 aromatic heterocycles. The highest BCUT2D eigenvalue weighted by Gasteiger charge is 2.37. The molecule has 0 bridgehead atoms. The molecule has 0 aromatic carbocycles. The SMILES string of the molecule is COC(=O)[C@@H]1CC(=O)O[C@H]1C. The van der Waals surface area contributed by atoms with Crippen LogP contribution in [0.25, 0.3) is 0 Å². The van der Waals surface area contributed by atoms with Gasteiger partial charge in [-0.25, -0.2) is 0 Å². The molecule has 2 atom stereocenters. The van der Waals surface area contributed by atoms with Gasteiger partial charge in [-0.1, -0.05) is 0 Å². The zero-order valence-corrected chi connectivity index (χ0v) is 6.49. The van der Waals surface area contributed by atoms with E-state index in [9.17, 15) is 9.59 Å². The van der Waals surface area contributed by atoms with Crippen LogP contribution in [-0.4, -0.2) is 25.2 Å². The first-order valence-electron chi connectivity index (χ1n) is 3.42. The first kappa shape index (κ1) is 8.04. The van der Waals surface area contributed by atoms with Crippen molar-refractivity contribution in [3.8, 4) is 0 Å². The Balaban J connectivity index is 2.59. The van der Waals surface area contributed by atoms with E-state index in [1.54, 1.807) is 6.92 Å². The highest BCUT2D eigenvalue weighted by molar-refractivity contribution is 5.83. The molecule has 4 heteroatoms. The average molecular weight is 158 g/mol. The standard InChI is InChI=1S/C7H10O4/c1-4-5(7(9)10-2)3-6(8)11-4/h4-5H,3H2,1-2H3/t4-,5+/m0/s1. The molecule has 0 spiro atoms. The maximum Gasteiger partial charge on any atom is 0.313 e.